The van der Waals surface area contributed by atoms with Gasteiger partial charge in [0, 0.05) is 37.8 Å². The first kappa shape index (κ1) is 15.3. The van der Waals surface area contributed by atoms with Gasteiger partial charge in [-0.15, -0.1) is 0 Å². The Morgan fingerprint density at radius 3 is 2.90 bits per heavy atom. The van der Waals surface area contributed by atoms with Crippen molar-refractivity contribution in [1.82, 2.24) is 10.2 Å². The second-order valence-corrected chi connectivity index (χ2v) is 5.52. The molecule has 2 unspecified atom stereocenters. The molecule has 1 aromatic carbocycles. The zero-order valence-corrected chi connectivity index (χ0v) is 12.4. The van der Waals surface area contributed by atoms with Crippen molar-refractivity contribution in [3.8, 4) is 0 Å². The normalized spacial score (nSPS) is 20.0. The highest BCUT2D eigenvalue weighted by molar-refractivity contribution is 5.89. The van der Waals surface area contributed by atoms with Crippen molar-refractivity contribution in [2.75, 3.05) is 18.9 Å². The molecule has 3 amide bonds. The highest BCUT2D eigenvalue weighted by Crippen LogP contribution is 2.16. The molecular formula is C15H22N4O2. The Balaban J connectivity index is 1.90. The van der Waals surface area contributed by atoms with Gasteiger partial charge in [0.05, 0.1) is 0 Å². The number of benzene rings is 1. The van der Waals surface area contributed by atoms with Crippen LogP contribution in [-0.4, -0.2) is 36.5 Å². The number of nitrogens with zero attached hydrogens (tertiary/aromatic N) is 1. The Morgan fingerprint density at radius 1 is 1.48 bits per heavy atom. The van der Waals surface area contributed by atoms with E-state index in [9.17, 15) is 9.59 Å². The molecule has 0 spiro atoms. The van der Waals surface area contributed by atoms with Gasteiger partial charge >= 0.3 is 6.03 Å². The topological polar surface area (TPSA) is 87.5 Å². The molecule has 2 atom stereocenters. The lowest BCUT2D eigenvalue weighted by Crippen LogP contribution is -2.49. The number of amides is 3. The molecule has 4 N–H and O–H groups in total. The van der Waals surface area contributed by atoms with E-state index >= 15 is 0 Å². The summed E-state index contributed by atoms with van der Waals surface area (Å²) in [4.78, 5) is 25.0. The summed E-state index contributed by atoms with van der Waals surface area (Å²) in [5.74, 6) is 0.123. The van der Waals surface area contributed by atoms with Crippen LogP contribution in [0.1, 0.15) is 31.4 Å². The predicted octanol–water partition coefficient (Wildman–Crippen LogP) is 1.45. The van der Waals surface area contributed by atoms with Gasteiger partial charge in [-0.25, -0.2) is 4.79 Å². The number of carbonyl (C=O) groups is 2. The molecule has 0 radical (unpaired) electrons. The average molecular weight is 290 g/mol. The van der Waals surface area contributed by atoms with E-state index in [-0.39, 0.29) is 24.0 Å². The molecule has 6 heteroatoms. The van der Waals surface area contributed by atoms with E-state index in [1.165, 1.54) is 0 Å². The molecule has 2 rings (SSSR count). The van der Waals surface area contributed by atoms with E-state index < -0.39 is 0 Å². The number of nitrogens with two attached hydrogens (primary N) is 1. The summed E-state index contributed by atoms with van der Waals surface area (Å²) in [5.41, 5.74) is 7.50. The van der Waals surface area contributed by atoms with Gasteiger partial charge in [0.2, 0.25) is 5.91 Å². The second-order valence-electron chi connectivity index (χ2n) is 5.52. The summed E-state index contributed by atoms with van der Waals surface area (Å²) in [7, 11) is 1.75. The van der Waals surface area contributed by atoms with E-state index in [1.54, 1.807) is 11.9 Å². The maximum absolute atomic E-state index is 12.0. The molecule has 114 valence electrons. The number of piperidine rings is 1. The van der Waals surface area contributed by atoms with Gasteiger partial charge in [-0.1, -0.05) is 12.1 Å². The molecular weight excluding hydrogens is 268 g/mol. The standard InChI is InChI=1S/C15H22N4O2/c1-10(16)11-4-3-5-12(8-11)17-15(21)18-13-6-7-14(20)19(2)9-13/h3-5,8,10,13H,6-7,9,16H2,1-2H3,(H2,17,18,21). The van der Waals surface area contributed by atoms with Crippen molar-refractivity contribution in [2.24, 2.45) is 5.73 Å². The van der Waals surface area contributed by atoms with Crippen LogP contribution < -0.4 is 16.4 Å². The number of hydrogen-bond acceptors (Lipinski definition) is 3. The van der Waals surface area contributed by atoms with Crippen molar-refractivity contribution >= 4 is 17.6 Å². The van der Waals surface area contributed by atoms with Crippen LogP contribution in [0.25, 0.3) is 0 Å². The third-order valence-corrected chi connectivity index (χ3v) is 3.63. The van der Waals surface area contributed by atoms with Crippen LogP contribution in [-0.2, 0) is 4.79 Å². The van der Waals surface area contributed by atoms with Gasteiger partial charge in [0.25, 0.3) is 0 Å². The summed E-state index contributed by atoms with van der Waals surface area (Å²) >= 11 is 0. The zero-order chi connectivity index (χ0) is 15.4. The van der Waals surface area contributed by atoms with Crippen LogP contribution in [0.5, 0.6) is 0 Å². The molecule has 1 saturated heterocycles. The average Bonchev–Trinajstić information content (AvgIpc) is 2.43. The summed E-state index contributed by atoms with van der Waals surface area (Å²) in [6, 6.07) is 7.13. The summed E-state index contributed by atoms with van der Waals surface area (Å²) < 4.78 is 0. The molecule has 1 aliphatic rings. The first-order valence-electron chi connectivity index (χ1n) is 7.12. The van der Waals surface area contributed by atoms with E-state index in [0.717, 1.165) is 5.56 Å². The lowest BCUT2D eigenvalue weighted by molar-refractivity contribution is -0.132. The Kier molecular flexibility index (Phi) is 4.80. The van der Waals surface area contributed by atoms with Gasteiger partial charge in [0.15, 0.2) is 0 Å². The third-order valence-electron chi connectivity index (χ3n) is 3.63. The molecule has 0 aromatic heterocycles. The van der Waals surface area contributed by atoms with E-state index in [4.69, 9.17) is 5.73 Å². The monoisotopic (exact) mass is 290 g/mol. The summed E-state index contributed by atoms with van der Waals surface area (Å²) in [6.45, 7) is 2.44. The van der Waals surface area contributed by atoms with E-state index in [0.29, 0.717) is 25.1 Å². The molecule has 1 aliphatic heterocycles. The number of hydrogen-bond donors (Lipinski definition) is 3. The van der Waals surface area contributed by atoms with Gasteiger partial charge in [-0.3, -0.25) is 4.79 Å². The maximum Gasteiger partial charge on any atom is 0.319 e. The minimum atomic E-state index is -0.260. The smallest absolute Gasteiger partial charge is 0.319 e. The van der Waals surface area contributed by atoms with E-state index in [2.05, 4.69) is 10.6 Å². The van der Waals surface area contributed by atoms with E-state index in [1.807, 2.05) is 31.2 Å². The minimum absolute atomic E-state index is 0.00989. The number of likely N-dealkylation sites (tertiary alicyclic amines) is 1. The van der Waals surface area contributed by atoms with Crippen molar-refractivity contribution in [3.63, 3.8) is 0 Å². The fourth-order valence-electron chi connectivity index (χ4n) is 2.38. The number of urea groups is 1. The zero-order valence-electron chi connectivity index (χ0n) is 12.4. The number of rotatable bonds is 3. The number of anilines is 1. The van der Waals surface area contributed by atoms with Crippen molar-refractivity contribution in [1.29, 1.82) is 0 Å². The van der Waals surface area contributed by atoms with Crippen LogP contribution in [0.2, 0.25) is 0 Å². The Bertz CT molecular complexity index is 530. The van der Waals surface area contributed by atoms with Crippen LogP contribution in [0.4, 0.5) is 10.5 Å². The Labute approximate surface area is 124 Å². The predicted molar refractivity (Wildman–Crippen MR) is 81.9 cm³/mol. The largest absolute Gasteiger partial charge is 0.344 e. The fraction of sp³-hybridized carbons (Fsp3) is 0.467. The third kappa shape index (κ3) is 4.19. The number of carbonyl (C=O) groups excluding carboxylic acids is 2. The van der Waals surface area contributed by atoms with Gasteiger partial charge in [0.1, 0.15) is 0 Å². The van der Waals surface area contributed by atoms with Crippen LogP contribution in [0, 0.1) is 0 Å². The fourth-order valence-corrected chi connectivity index (χ4v) is 2.38. The van der Waals surface area contributed by atoms with Crippen molar-refractivity contribution in [2.45, 2.75) is 31.8 Å². The molecule has 1 fully saturated rings. The van der Waals surface area contributed by atoms with Crippen molar-refractivity contribution in [3.05, 3.63) is 29.8 Å². The van der Waals surface area contributed by atoms with Crippen LogP contribution in [0.15, 0.2) is 24.3 Å². The minimum Gasteiger partial charge on any atom is -0.344 e. The molecule has 6 nitrogen and oxygen atoms in total. The number of nitrogens with one attached hydrogen (secondary N) is 2. The Morgan fingerprint density at radius 2 is 2.24 bits per heavy atom. The van der Waals surface area contributed by atoms with Gasteiger partial charge in [-0.2, -0.15) is 0 Å². The summed E-state index contributed by atoms with van der Waals surface area (Å²) in [6.07, 6.45) is 1.15. The lowest BCUT2D eigenvalue weighted by atomic mass is 10.1. The molecule has 1 aromatic rings. The molecule has 21 heavy (non-hydrogen) atoms. The maximum atomic E-state index is 12.0. The van der Waals surface area contributed by atoms with Crippen LogP contribution >= 0.6 is 0 Å². The van der Waals surface area contributed by atoms with Gasteiger partial charge in [-0.05, 0) is 31.0 Å². The van der Waals surface area contributed by atoms with Crippen LogP contribution in [0.3, 0.4) is 0 Å². The SMILES string of the molecule is CC(N)c1cccc(NC(=O)NC2CCC(=O)N(C)C2)c1. The first-order chi connectivity index (χ1) is 9.95. The molecule has 0 saturated carbocycles. The Hall–Kier alpha value is -2.08. The lowest BCUT2D eigenvalue weighted by Gasteiger charge is -2.30. The van der Waals surface area contributed by atoms with Gasteiger partial charge < -0.3 is 21.3 Å². The molecule has 1 heterocycles. The molecule has 0 bridgehead atoms. The highest BCUT2D eigenvalue weighted by atomic mass is 16.2. The van der Waals surface area contributed by atoms with Crippen molar-refractivity contribution < 1.29 is 9.59 Å². The summed E-state index contributed by atoms with van der Waals surface area (Å²) in [5, 5.41) is 5.69. The second kappa shape index (κ2) is 6.58. The quantitative estimate of drug-likeness (QED) is 0.787. The number of likely N-dealkylation sites (N-methyl/N-ethyl adjacent to an activating group) is 1. The highest BCUT2D eigenvalue weighted by Gasteiger charge is 2.23. The molecule has 0 aliphatic carbocycles. The first-order valence-corrected chi connectivity index (χ1v) is 7.12.